The molecular formula is C8H13NO2. The minimum absolute atomic E-state index is 0.0174. The van der Waals surface area contributed by atoms with E-state index in [0.717, 1.165) is 12.8 Å². The first-order valence-corrected chi connectivity index (χ1v) is 4.01. The molecule has 3 nitrogen and oxygen atoms in total. The number of fused-ring (bicyclic) bond motifs is 1. The van der Waals surface area contributed by atoms with Gasteiger partial charge in [-0.2, -0.15) is 0 Å². The van der Waals surface area contributed by atoms with Gasteiger partial charge in [-0.25, -0.2) is 0 Å². The van der Waals surface area contributed by atoms with E-state index in [4.69, 9.17) is 4.74 Å². The average molecular weight is 155 g/mol. The van der Waals surface area contributed by atoms with Crippen molar-refractivity contribution in [2.24, 2.45) is 5.92 Å². The predicted octanol–water partition coefficient (Wildman–Crippen LogP) is -0.0493. The minimum atomic E-state index is -0.0975. The van der Waals surface area contributed by atoms with E-state index in [1.54, 1.807) is 0 Å². The van der Waals surface area contributed by atoms with Crippen LogP contribution in [-0.4, -0.2) is 30.6 Å². The van der Waals surface area contributed by atoms with Crippen molar-refractivity contribution >= 4 is 6.29 Å². The number of nitrogens with one attached hydrogen (secondary N) is 1. The molecule has 0 radical (unpaired) electrons. The molecule has 62 valence electrons. The molecule has 2 aliphatic heterocycles. The number of ether oxygens (including phenoxy) is 1. The van der Waals surface area contributed by atoms with Gasteiger partial charge in [-0.3, -0.25) is 0 Å². The normalized spacial score (nSPS) is 46.2. The fraction of sp³-hybridized carbons (Fsp3) is 0.875. The summed E-state index contributed by atoms with van der Waals surface area (Å²) in [7, 11) is 0. The molecular weight excluding hydrogens is 142 g/mol. The summed E-state index contributed by atoms with van der Waals surface area (Å²) in [6.07, 6.45) is 1.27. The molecule has 0 unspecified atom stereocenters. The molecule has 1 N–H and O–H groups in total. The van der Waals surface area contributed by atoms with Gasteiger partial charge in [0.2, 0.25) is 0 Å². The van der Waals surface area contributed by atoms with E-state index in [0.29, 0.717) is 5.92 Å². The van der Waals surface area contributed by atoms with E-state index in [-0.39, 0.29) is 17.7 Å². The van der Waals surface area contributed by atoms with Crippen LogP contribution < -0.4 is 5.32 Å². The highest BCUT2D eigenvalue weighted by Crippen LogP contribution is 2.42. The lowest BCUT2D eigenvalue weighted by Gasteiger charge is -2.48. The zero-order valence-electron chi connectivity index (χ0n) is 6.83. The van der Waals surface area contributed by atoms with Gasteiger partial charge in [0.25, 0.3) is 0 Å². The monoisotopic (exact) mass is 155 g/mol. The molecule has 0 aromatic rings. The third kappa shape index (κ3) is 0.844. The number of hydrogen-bond donors (Lipinski definition) is 1. The van der Waals surface area contributed by atoms with Gasteiger partial charge in [0.15, 0.2) is 0 Å². The van der Waals surface area contributed by atoms with Gasteiger partial charge in [-0.05, 0) is 13.8 Å². The van der Waals surface area contributed by atoms with E-state index in [1.807, 2.05) is 13.8 Å². The first-order chi connectivity index (χ1) is 5.15. The highest BCUT2D eigenvalue weighted by Gasteiger charge is 2.55. The molecule has 0 aliphatic carbocycles. The summed E-state index contributed by atoms with van der Waals surface area (Å²) in [6.45, 7) is 4.91. The summed E-state index contributed by atoms with van der Waals surface area (Å²) in [4.78, 5) is 10.6. The summed E-state index contributed by atoms with van der Waals surface area (Å²) in [5, 5.41) is 3.13. The Labute approximate surface area is 66.1 Å². The number of hydrogen-bond acceptors (Lipinski definition) is 3. The zero-order valence-corrected chi connectivity index (χ0v) is 6.83. The van der Waals surface area contributed by atoms with Gasteiger partial charge in [0, 0.05) is 12.5 Å². The predicted molar refractivity (Wildman–Crippen MR) is 40.3 cm³/mol. The highest BCUT2D eigenvalue weighted by molar-refractivity contribution is 5.60. The van der Waals surface area contributed by atoms with Crippen molar-refractivity contribution in [1.82, 2.24) is 5.32 Å². The van der Waals surface area contributed by atoms with Crippen LogP contribution in [-0.2, 0) is 9.53 Å². The fourth-order valence-corrected chi connectivity index (χ4v) is 2.26. The summed E-state index contributed by atoms with van der Waals surface area (Å²) < 4.78 is 5.56. The van der Waals surface area contributed by atoms with Crippen LogP contribution in [0.3, 0.4) is 0 Å². The first-order valence-electron chi connectivity index (χ1n) is 4.01. The molecule has 3 heteroatoms. The molecule has 11 heavy (non-hydrogen) atoms. The lowest BCUT2D eigenvalue weighted by molar-refractivity contribution is -0.224. The SMILES string of the molecule is CC1(C)O[C@H]2CN[C@H](C=O)[C@H]21. The topological polar surface area (TPSA) is 38.3 Å². The van der Waals surface area contributed by atoms with Crippen LogP contribution in [0, 0.1) is 5.92 Å². The van der Waals surface area contributed by atoms with Crippen molar-refractivity contribution in [3.63, 3.8) is 0 Å². The van der Waals surface area contributed by atoms with E-state index in [9.17, 15) is 4.79 Å². The van der Waals surface area contributed by atoms with E-state index in [2.05, 4.69) is 5.32 Å². The first kappa shape index (κ1) is 7.25. The Balaban J connectivity index is 2.14. The van der Waals surface area contributed by atoms with Crippen molar-refractivity contribution in [1.29, 1.82) is 0 Å². The van der Waals surface area contributed by atoms with Crippen LogP contribution in [0.25, 0.3) is 0 Å². The van der Waals surface area contributed by atoms with Gasteiger partial charge >= 0.3 is 0 Å². The molecule has 3 atom stereocenters. The third-order valence-corrected chi connectivity index (χ3v) is 2.75. The Morgan fingerprint density at radius 2 is 2.36 bits per heavy atom. The van der Waals surface area contributed by atoms with Gasteiger partial charge in [-0.15, -0.1) is 0 Å². The van der Waals surface area contributed by atoms with E-state index in [1.165, 1.54) is 0 Å². The molecule has 0 aromatic carbocycles. The Hall–Kier alpha value is -0.410. The smallest absolute Gasteiger partial charge is 0.137 e. The molecule has 0 saturated carbocycles. The summed E-state index contributed by atoms with van der Waals surface area (Å²) in [5.41, 5.74) is -0.0975. The average Bonchev–Trinajstić information content (AvgIpc) is 2.27. The Bertz CT molecular complexity index is 191. The fourth-order valence-electron chi connectivity index (χ4n) is 2.26. The maximum absolute atomic E-state index is 10.6. The largest absolute Gasteiger partial charge is 0.370 e. The number of carbonyl (C=O) groups is 1. The van der Waals surface area contributed by atoms with Crippen LogP contribution >= 0.6 is 0 Å². The highest BCUT2D eigenvalue weighted by atomic mass is 16.5. The van der Waals surface area contributed by atoms with Crippen LogP contribution in [0.1, 0.15) is 13.8 Å². The van der Waals surface area contributed by atoms with Gasteiger partial charge < -0.3 is 14.8 Å². The van der Waals surface area contributed by atoms with E-state index < -0.39 is 0 Å². The Morgan fingerprint density at radius 3 is 2.82 bits per heavy atom. The van der Waals surface area contributed by atoms with Crippen molar-refractivity contribution in [2.45, 2.75) is 31.6 Å². The molecule has 0 aromatic heterocycles. The minimum Gasteiger partial charge on any atom is -0.370 e. The van der Waals surface area contributed by atoms with Gasteiger partial charge in [0.05, 0.1) is 17.7 Å². The van der Waals surface area contributed by atoms with Crippen molar-refractivity contribution in [2.75, 3.05) is 6.54 Å². The molecule has 0 bridgehead atoms. The molecule has 2 aliphatic rings. The second kappa shape index (κ2) is 2.05. The summed E-state index contributed by atoms with van der Waals surface area (Å²) >= 11 is 0. The number of aldehydes is 1. The molecule has 2 heterocycles. The second-order valence-electron chi connectivity index (χ2n) is 3.86. The van der Waals surface area contributed by atoms with Crippen LogP contribution in [0.4, 0.5) is 0 Å². The quantitative estimate of drug-likeness (QED) is 0.539. The molecule has 0 spiro atoms. The van der Waals surface area contributed by atoms with E-state index >= 15 is 0 Å². The molecule has 2 rings (SSSR count). The Morgan fingerprint density at radius 1 is 1.64 bits per heavy atom. The van der Waals surface area contributed by atoms with Gasteiger partial charge in [0.1, 0.15) is 6.29 Å². The van der Waals surface area contributed by atoms with Crippen LogP contribution in [0.2, 0.25) is 0 Å². The Kier molecular flexibility index (Phi) is 1.35. The standard InChI is InChI=1S/C8H13NO2/c1-8(2)7-5(4-10)9-3-6(7)11-8/h4-7,9H,3H2,1-2H3/t5-,6+,7-/m1/s1. The lowest BCUT2D eigenvalue weighted by Crippen LogP contribution is -2.58. The van der Waals surface area contributed by atoms with Crippen molar-refractivity contribution in [3.8, 4) is 0 Å². The zero-order chi connectivity index (χ0) is 8.06. The van der Waals surface area contributed by atoms with Crippen LogP contribution in [0.5, 0.6) is 0 Å². The maximum atomic E-state index is 10.6. The molecule has 0 amide bonds. The number of carbonyl (C=O) groups excluding carboxylic acids is 1. The van der Waals surface area contributed by atoms with Gasteiger partial charge in [-0.1, -0.05) is 0 Å². The van der Waals surface area contributed by atoms with Crippen molar-refractivity contribution < 1.29 is 9.53 Å². The van der Waals surface area contributed by atoms with Crippen LogP contribution in [0.15, 0.2) is 0 Å². The third-order valence-electron chi connectivity index (χ3n) is 2.75. The molecule has 2 saturated heterocycles. The lowest BCUT2D eigenvalue weighted by atomic mass is 9.78. The maximum Gasteiger partial charge on any atom is 0.137 e. The summed E-state index contributed by atoms with van der Waals surface area (Å²) in [5.74, 6) is 0.389. The number of rotatable bonds is 1. The van der Waals surface area contributed by atoms with Crippen molar-refractivity contribution in [3.05, 3.63) is 0 Å². The second-order valence-corrected chi connectivity index (χ2v) is 3.86. The summed E-state index contributed by atoms with van der Waals surface area (Å²) in [6, 6.07) is 0.0174. The molecule has 2 fully saturated rings.